The molecule has 2 aromatic rings. The third-order valence-electron chi connectivity index (χ3n) is 6.17. The van der Waals surface area contributed by atoms with E-state index in [9.17, 15) is 14.4 Å². The number of likely N-dealkylation sites (tertiary alicyclic amines) is 1. The number of hydrogen-bond acceptors (Lipinski definition) is 3. The Balaban J connectivity index is 1.31. The smallest absolute Gasteiger partial charge is 0.228 e. The summed E-state index contributed by atoms with van der Waals surface area (Å²) in [4.78, 5) is 41.7. The first-order valence-corrected chi connectivity index (χ1v) is 11.4. The van der Waals surface area contributed by atoms with Crippen LogP contribution in [0, 0.1) is 18.8 Å². The molecule has 2 heterocycles. The number of nitrogens with one attached hydrogen (secondary N) is 1. The fourth-order valence-electron chi connectivity index (χ4n) is 4.35. The Morgan fingerprint density at radius 1 is 1.03 bits per heavy atom. The number of nitrogens with zero attached hydrogens (tertiary/aromatic N) is 2. The first-order valence-electron chi connectivity index (χ1n) is 10.6. The maximum absolute atomic E-state index is 13.0. The normalized spacial score (nSPS) is 19.5. The number of anilines is 2. The van der Waals surface area contributed by atoms with Crippen molar-refractivity contribution in [3.05, 3.63) is 58.6 Å². The molecule has 3 amide bonds. The summed E-state index contributed by atoms with van der Waals surface area (Å²) in [6.45, 7) is 3.48. The highest BCUT2D eigenvalue weighted by Crippen LogP contribution is 2.28. The Labute approximate surface area is 190 Å². The summed E-state index contributed by atoms with van der Waals surface area (Å²) in [6, 6.07) is 15.2. The number of carbonyl (C=O) groups is 3. The minimum atomic E-state index is -0.316. The van der Waals surface area contributed by atoms with Gasteiger partial charge in [0.05, 0.1) is 5.92 Å². The molecule has 4 rings (SSSR count). The molecule has 0 spiro atoms. The van der Waals surface area contributed by atoms with Crippen molar-refractivity contribution >= 4 is 45.0 Å². The summed E-state index contributed by atoms with van der Waals surface area (Å²) in [5.74, 6) is -0.413. The predicted molar refractivity (Wildman–Crippen MR) is 124 cm³/mol. The predicted octanol–water partition coefficient (Wildman–Crippen LogP) is 3.99. The van der Waals surface area contributed by atoms with Crippen LogP contribution in [0.4, 0.5) is 11.4 Å². The highest BCUT2D eigenvalue weighted by atomic mass is 79.9. The van der Waals surface area contributed by atoms with Crippen LogP contribution in [0.25, 0.3) is 0 Å². The third-order valence-corrected chi connectivity index (χ3v) is 6.66. The second-order valence-electron chi connectivity index (χ2n) is 8.29. The van der Waals surface area contributed by atoms with E-state index in [0.29, 0.717) is 32.5 Å². The molecule has 2 aromatic carbocycles. The van der Waals surface area contributed by atoms with Crippen molar-refractivity contribution in [3.63, 3.8) is 0 Å². The van der Waals surface area contributed by atoms with E-state index in [1.165, 1.54) is 0 Å². The van der Waals surface area contributed by atoms with Crippen LogP contribution >= 0.6 is 15.9 Å². The quantitative estimate of drug-likeness (QED) is 0.714. The molecule has 0 aromatic heterocycles. The number of aryl methyl sites for hydroxylation is 1. The summed E-state index contributed by atoms with van der Waals surface area (Å²) in [5, 5.41) is 3.02. The van der Waals surface area contributed by atoms with Gasteiger partial charge in [0.2, 0.25) is 17.7 Å². The van der Waals surface area contributed by atoms with Crippen molar-refractivity contribution in [2.45, 2.75) is 26.2 Å². The number of carbonyl (C=O) groups excluding carboxylic acids is 3. The largest absolute Gasteiger partial charge is 0.342 e. The monoisotopic (exact) mass is 483 g/mol. The lowest BCUT2D eigenvalue weighted by Crippen LogP contribution is -2.44. The summed E-state index contributed by atoms with van der Waals surface area (Å²) in [7, 11) is 0. The summed E-state index contributed by atoms with van der Waals surface area (Å²) >= 11 is 3.43. The summed E-state index contributed by atoms with van der Waals surface area (Å²) in [5.41, 5.74) is 2.66. The number of piperidine rings is 1. The van der Waals surface area contributed by atoms with E-state index in [1.54, 1.807) is 4.90 Å². The van der Waals surface area contributed by atoms with Gasteiger partial charge in [-0.15, -0.1) is 0 Å². The second-order valence-corrected chi connectivity index (χ2v) is 9.20. The van der Waals surface area contributed by atoms with E-state index in [2.05, 4.69) is 21.2 Å². The number of hydrogen-bond donors (Lipinski definition) is 1. The molecule has 2 aliphatic heterocycles. The molecule has 0 aliphatic carbocycles. The highest BCUT2D eigenvalue weighted by molar-refractivity contribution is 9.10. The van der Waals surface area contributed by atoms with Crippen molar-refractivity contribution in [2.75, 3.05) is 29.9 Å². The molecule has 2 aliphatic rings. The van der Waals surface area contributed by atoms with Gasteiger partial charge in [0.15, 0.2) is 0 Å². The third kappa shape index (κ3) is 4.82. The Morgan fingerprint density at radius 2 is 1.74 bits per heavy atom. The van der Waals surface area contributed by atoms with E-state index < -0.39 is 0 Å². The molecular weight excluding hydrogens is 458 g/mol. The van der Waals surface area contributed by atoms with Gasteiger partial charge in [-0.05, 0) is 55.7 Å². The molecule has 2 fully saturated rings. The van der Waals surface area contributed by atoms with Crippen LogP contribution in [0.3, 0.4) is 0 Å². The molecule has 0 radical (unpaired) electrons. The summed E-state index contributed by atoms with van der Waals surface area (Å²) in [6.07, 6.45) is 1.52. The Kier molecular flexibility index (Phi) is 6.41. The van der Waals surface area contributed by atoms with Crippen LogP contribution in [0.1, 0.15) is 24.8 Å². The van der Waals surface area contributed by atoms with Gasteiger partial charge in [-0.2, -0.15) is 0 Å². The Morgan fingerprint density at radius 3 is 2.42 bits per heavy atom. The lowest BCUT2D eigenvalue weighted by Gasteiger charge is -2.33. The Bertz CT molecular complexity index is 987. The highest BCUT2D eigenvalue weighted by Gasteiger charge is 2.38. The zero-order valence-corrected chi connectivity index (χ0v) is 19.1. The van der Waals surface area contributed by atoms with Gasteiger partial charge in [0.1, 0.15) is 0 Å². The minimum absolute atomic E-state index is 0.00354. The van der Waals surface area contributed by atoms with Crippen molar-refractivity contribution in [3.8, 4) is 0 Å². The molecule has 162 valence electrons. The number of halogens is 1. The maximum atomic E-state index is 13.0. The minimum Gasteiger partial charge on any atom is -0.342 e. The van der Waals surface area contributed by atoms with Crippen molar-refractivity contribution in [1.29, 1.82) is 0 Å². The van der Waals surface area contributed by atoms with Crippen molar-refractivity contribution in [2.24, 2.45) is 11.8 Å². The Hall–Kier alpha value is -2.67. The van der Waals surface area contributed by atoms with E-state index >= 15 is 0 Å². The number of amides is 3. The molecule has 1 N–H and O–H groups in total. The number of para-hydroxylation sites is 1. The molecule has 2 saturated heterocycles. The van der Waals surface area contributed by atoms with Crippen LogP contribution in [0.15, 0.2) is 53.0 Å². The second kappa shape index (κ2) is 9.22. The van der Waals surface area contributed by atoms with Gasteiger partial charge < -0.3 is 15.1 Å². The molecule has 6 nitrogen and oxygen atoms in total. The topological polar surface area (TPSA) is 69.7 Å². The van der Waals surface area contributed by atoms with Gasteiger partial charge in [0.25, 0.3) is 0 Å². The van der Waals surface area contributed by atoms with Crippen LogP contribution in [0.5, 0.6) is 0 Å². The van der Waals surface area contributed by atoms with Crippen LogP contribution < -0.4 is 10.2 Å². The van der Waals surface area contributed by atoms with Gasteiger partial charge >= 0.3 is 0 Å². The molecular formula is C24H26BrN3O3. The van der Waals surface area contributed by atoms with E-state index in [1.807, 2.05) is 60.4 Å². The fraction of sp³-hybridized carbons (Fsp3) is 0.375. The number of benzene rings is 2. The van der Waals surface area contributed by atoms with Gasteiger partial charge in [0, 0.05) is 47.8 Å². The SMILES string of the molecule is Cc1cc(Br)ccc1NC(=O)C1CCN(C(=O)C2CC(=O)N(c3ccccc3)C2)CC1. The standard InChI is InChI=1S/C24H26BrN3O3/c1-16-13-19(25)7-8-21(16)26-23(30)17-9-11-27(12-10-17)24(31)18-14-22(29)28(15-18)20-5-3-2-4-6-20/h2-8,13,17-18H,9-12,14-15H2,1H3,(H,26,30). The summed E-state index contributed by atoms with van der Waals surface area (Å²) < 4.78 is 0.978. The molecule has 0 bridgehead atoms. The van der Waals surface area contributed by atoms with Gasteiger partial charge in [-0.1, -0.05) is 34.1 Å². The van der Waals surface area contributed by atoms with Crippen molar-refractivity contribution < 1.29 is 14.4 Å². The first-order chi connectivity index (χ1) is 14.9. The van der Waals surface area contributed by atoms with E-state index in [4.69, 9.17) is 0 Å². The van der Waals surface area contributed by atoms with Gasteiger partial charge in [-0.25, -0.2) is 0 Å². The van der Waals surface area contributed by atoms with Crippen LogP contribution in [0.2, 0.25) is 0 Å². The molecule has 31 heavy (non-hydrogen) atoms. The van der Waals surface area contributed by atoms with Gasteiger partial charge in [-0.3, -0.25) is 14.4 Å². The molecule has 1 unspecified atom stereocenters. The fourth-order valence-corrected chi connectivity index (χ4v) is 4.83. The maximum Gasteiger partial charge on any atom is 0.228 e. The lowest BCUT2D eigenvalue weighted by molar-refractivity contribution is -0.138. The molecule has 0 saturated carbocycles. The zero-order valence-electron chi connectivity index (χ0n) is 17.5. The first kappa shape index (κ1) is 21.6. The van der Waals surface area contributed by atoms with E-state index in [0.717, 1.165) is 21.4 Å². The van der Waals surface area contributed by atoms with Crippen LogP contribution in [-0.4, -0.2) is 42.3 Å². The molecule has 1 atom stereocenters. The average molecular weight is 484 g/mol. The number of rotatable bonds is 4. The van der Waals surface area contributed by atoms with Crippen LogP contribution in [-0.2, 0) is 14.4 Å². The van der Waals surface area contributed by atoms with Crippen molar-refractivity contribution in [1.82, 2.24) is 4.90 Å². The lowest BCUT2D eigenvalue weighted by atomic mass is 9.94. The average Bonchev–Trinajstić information content (AvgIpc) is 3.17. The van der Waals surface area contributed by atoms with E-state index in [-0.39, 0.29) is 36.0 Å². The molecule has 7 heteroatoms. The zero-order chi connectivity index (χ0) is 22.0.